The highest BCUT2D eigenvalue weighted by atomic mass is 16.5. The molecule has 0 aromatic heterocycles. The van der Waals surface area contributed by atoms with Crippen LogP contribution in [0.5, 0.6) is 5.75 Å². The van der Waals surface area contributed by atoms with Gasteiger partial charge in [0, 0.05) is 13.6 Å². The maximum absolute atomic E-state index is 11.7. The molecule has 0 atom stereocenters. The molecule has 1 N–H and O–H groups in total. The van der Waals surface area contributed by atoms with Gasteiger partial charge >= 0.3 is 6.03 Å². The molecule has 4 nitrogen and oxygen atoms in total. The molecule has 0 bridgehead atoms. The summed E-state index contributed by atoms with van der Waals surface area (Å²) >= 11 is 0. The van der Waals surface area contributed by atoms with E-state index in [4.69, 9.17) is 4.74 Å². The van der Waals surface area contributed by atoms with Gasteiger partial charge in [0.05, 0.1) is 0 Å². The van der Waals surface area contributed by atoms with E-state index in [9.17, 15) is 4.79 Å². The monoisotopic (exact) mass is 264 g/mol. The Morgan fingerprint density at radius 3 is 2.74 bits per heavy atom. The van der Waals surface area contributed by atoms with Crippen LogP contribution in [-0.2, 0) is 0 Å². The maximum Gasteiger partial charge on any atom is 0.319 e. The van der Waals surface area contributed by atoms with Gasteiger partial charge in [-0.25, -0.2) is 4.79 Å². The molecular formula is C15H24N2O2. The van der Waals surface area contributed by atoms with Crippen molar-refractivity contribution in [2.45, 2.75) is 33.6 Å². The molecule has 0 aliphatic rings. The van der Waals surface area contributed by atoms with Crippen molar-refractivity contribution in [3.05, 3.63) is 29.3 Å². The lowest BCUT2D eigenvalue weighted by atomic mass is 10.1. The van der Waals surface area contributed by atoms with Gasteiger partial charge in [-0.15, -0.1) is 0 Å². The molecule has 0 saturated carbocycles. The molecule has 106 valence electrons. The molecule has 0 saturated heterocycles. The molecule has 0 aliphatic heterocycles. The van der Waals surface area contributed by atoms with Crippen LogP contribution in [0.3, 0.4) is 0 Å². The molecule has 2 amide bonds. The quantitative estimate of drug-likeness (QED) is 0.802. The summed E-state index contributed by atoms with van der Waals surface area (Å²) in [4.78, 5) is 13.4. The second-order valence-corrected chi connectivity index (χ2v) is 4.81. The van der Waals surface area contributed by atoms with Crippen LogP contribution < -0.4 is 10.1 Å². The number of nitrogens with one attached hydrogen (secondary N) is 1. The molecule has 0 aliphatic carbocycles. The van der Waals surface area contributed by atoms with Crippen molar-refractivity contribution in [2.24, 2.45) is 0 Å². The van der Waals surface area contributed by atoms with Crippen LogP contribution in [0.2, 0.25) is 0 Å². The number of ether oxygens (including phenoxy) is 1. The predicted octanol–water partition coefficient (Wildman–Crippen LogP) is 3.08. The zero-order valence-electron chi connectivity index (χ0n) is 12.3. The van der Waals surface area contributed by atoms with Crippen molar-refractivity contribution < 1.29 is 9.53 Å². The minimum atomic E-state index is -0.0989. The number of hydrogen-bond donors (Lipinski definition) is 1. The first-order chi connectivity index (χ1) is 9.04. The molecule has 1 aromatic rings. The van der Waals surface area contributed by atoms with Gasteiger partial charge < -0.3 is 15.0 Å². The van der Waals surface area contributed by atoms with Crippen LogP contribution in [0.4, 0.5) is 4.79 Å². The van der Waals surface area contributed by atoms with Gasteiger partial charge in [0.2, 0.25) is 0 Å². The lowest BCUT2D eigenvalue weighted by molar-refractivity contribution is 0.193. The number of urea groups is 1. The average molecular weight is 264 g/mol. The van der Waals surface area contributed by atoms with Gasteiger partial charge in [-0.3, -0.25) is 0 Å². The van der Waals surface area contributed by atoms with Crippen LogP contribution in [0, 0.1) is 13.8 Å². The third-order valence-corrected chi connectivity index (χ3v) is 2.98. The third kappa shape index (κ3) is 5.20. The first-order valence-electron chi connectivity index (χ1n) is 6.73. The summed E-state index contributed by atoms with van der Waals surface area (Å²) in [6, 6.07) is 5.89. The van der Waals surface area contributed by atoms with Gasteiger partial charge in [0.1, 0.15) is 5.75 Å². The molecule has 0 spiro atoms. The second kappa shape index (κ2) is 7.67. The number of benzene rings is 1. The van der Waals surface area contributed by atoms with E-state index in [2.05, 4.69) is 18.3 Å². The number of unbranched alkanes of at least 4 members (excludes halogenated alkanes) is 1. The fraction of sp³-hybridized carbons (Fsp3) is 0.533. The maximum atomic E-state index is 11.7. The van der Waals surface area contributed by atoms with E-state index in [1.807, 2.05) is 26.0 Å². The van der Waals surface area contributed by atoms with E-state index < -0.39 is 0 Å². The highest BCUT2D eigenvalue weighted by Gasteiger charge is 2.07. The van der Waals surface area contributed by atoms with Crippen molar-refractivity contribution in [1.29, 1.82) is 0 Å². The van der Waals surface area contributed by atoms with Crippen LogP contribution in [0.15, 0.2) is 18.2 Å². The molecule has 19 heavy (non-hydrogen) atoms. The van der Waals surface area contributed by atoms with E-state index in [-0.39, 0.29) is 12.8 Å². The Morgan fingerprint density at radius 2 is 2.11 bits per heavy atom. The first kappa shape index (κ1) is 15.3. The predicted molar refractivity (Wildman–Crippen MR) is 77.5 cm³/mol. The van der Waals surface area contributed by atoms with E-state index in [1.54, 1.807) is 11.9 Å². The minimum absolute atomic E-state index is 0.0989. The van der Waals surface area contributed by atoms with Crippen molar-refractivity contribution in [3.63, 3.8) is 0 Å². The largest absolute Gasteiger partial charge is 0.473 e. The summed E-state index contributed by atoms with van der Waals surface area (Å²) in [6.07, 6.45) is 2.10. The van der Waals surface area contributed by atoms with Crippen molar-refractivity contribution >= 4 is 6.03 Å². The summed E-state index contributed by atoms with van der Waals surface area (Å²) in [5, 5.41) is 2.75. The number of carbonyl (C=O) groups is 1. The Hall–Kier alpha value is -1.71. The molecular weight excluding hydrogens is 240 g/mol. The topological polar surface area (TPSA) is 41.6 Å². The highest BCUT2D eigenvalue weighted by molar-refractivity contribution is 5.73. The Bertz CT molecular complexity index is 419. The van der Waals surface area contributed by atoms with Gasteiger partial charge in [0.15, 0.2) is 6.73 Å². The SMILES string of the molecule is CCCCN(C)C(=O)NCOc1ccc(C)cc1C. The van der Waals surface area contributed by atoms with Gasteiger partial charge in [-0.2, -0.15) is 0 Å². The molecule has 0 unspecified atom stereocenters. The number of hydrogen-bond acceptors (Lipinski definition) is 2. The number of amides is 2. The van der Waals surface area contributed by atoms with E-state index >= 15 is 0 Å². The van der Waals surface area contributed by atoms with Gasteiger partial charge in [-0.1, -0.05) is 31.0 Å². The normalized spacial score (nSPS) is 10.1. The second-order valence-electron chi connectivity index (χ2n) is 4.81. The van der Waals surface area contributed by atoms with Crippen LogP contribution in [0.1, 0.15) is 30.9 Å². The minimum Gasteiger partial charge on any atom is -0.473 e. The van der Waals surface area contributed by atoms with Crippen molar-refractivity contribution in [3.8, 4) is 5.75 Å². The van der Waals surface area contributed by atoms with Crippen LogP contribution in [-0.4, -0.2) is 31.3 Å². The lowest BCUT2D eigenvalue weighted by Gasteiger charge is -2.18. The fourth-order valence-electron chi connectivity index (χ4n) is 1.77. The summed E-state index contributed by atoms with van der Waals surface area (Å²) in [5.74, 6) is 0.808. The molecule has 1 aromatic carbocycles. The average Bonchev–Trinajstić information content (AvgIpc) is 2.38. The number of carbonyl (C=O) groups excluding carboxylic acids is 1. The first-order valence-corrected chi connectivity index (χ1v) is 6.73. The third-order valence-electron chi connectivity index (χ3n) is 2.98. The summed E-state index contributed by atoms with van der Waals surface area (Å²) in [7, 11) is 1.79. The van der Waals surface area contributed by atoms with Gasteiger partial charge in [0.25, 0.3) is 0 Å². The summed E-state index contributed by atoms with van der Waals surface area (Å²) < 4.78 is 5.56. The van der Waals surface area contributed by atoms with E-state index in [0.717, 1.165) is 30.7 Å². The van der Waals surface area contributed by atoms with Crippen LogP contribution >= 0.6 is 0 Å². The van der Waals surface area contributed by atoms with E-state index in [1.165, 1.54) is 5.56 Å². The molecule has 4 heteroatoms. The van der Waals surface area contributed by atoms with Crippen molar-refractivity contribution in [1.82, 2.24) is 10.2 Å². The summed E-state index contributed by atoms with van der Waals surface area (Å²) in [6.45, 7) is 7.11. The Kier molecular flexibility index (Phi) is 6.19. The highest BCUT2D eigenvalue weighted by Crippen LogP contribution is 2.18. The van der Waals surface area contributed by atoms with E-state index in [0.29, 0.717) is 0 Å². The summed E-state index contributed by atoms with van der Waals surface area (Å²) in [5.41, 5.74) is 2.28. The Morgan fingerprint density at radius 1 is 1.37 bits per heavy atom. The zero-order valence-corrected chi connectivity index (χ0v) is 12.3. The van der Waals surface area contributed by atoms with Crippen molar-refractivity contribution in [2.75, 3.05) is 20.3 Å². The number of rotatable bonds is 6. The standard InChI is InChI=1S/C15H24N2O2/c1-5-6-9-17(4)15(18)16-11-19-14-8-7-12(2)10-13(14)3/h7-8,10H,5-6,9,11H2,1-4H3,(H,16,18). The Labute approximate surface area is 115 Å². The fourth-order valence-corrected chi connectivity index (χ4v) is 1.77. The van der Waals surface area contributed by atoms with Gasteiger partial charge in [-0.05, 0) is 31.9 Å². The Balaban J connectivity index is 2.35. The number of nitrogens with zero attached hydrogens (tertiary/aromatic N) is 1. The lowest BCUT2D eigenvalue weighted by Crippen LogP contribution is -2.39. The zero-order chi connectivity index (χ0) is 14.3. The smallest absolute Gasteiger partial charge is 0.319 e. The molecule has 0 heterocycles. The van der Waals surface area contributed by atoms with Crippen LogP contribution in [0.25, 0.3) is 0 Å². The molecule has 0 fully saturated rings. The molecule has 1 rings (SSSR count). The molecule has 0 radical (unpaired) electrons. The number of aryl methyl sites for hydroxylation is 2.